The van der Waals surface area contributed by atoms with E-state index >= 15 is 0 Å². The highest BCUT2D eigenvalue weighted by atomic mass is 16.1. The van der Waals surface area contributed by atoms with Crippen LogP contribution in [0.2, 0.25) is 0 Å². The Bertz CT molecular complexity index is 379. The van der Waals surface area contributed by atoms with Crippen molar-refractivity contribution < 1.29 is 4.79 Å². The molecule has 0 radical (unpaired) electrons. The fourth-order valence-corrected chi connectivity index (χ4v) is 0.982. The summed E-state index contributed by atoms with van der Waals surface area (Å²) >= 11 is 0. The van der Waals surface area contributed by atoms with Crippen molar-refractivity contribution in [3.8, 4) is 0 Å². The molecule has 0 atom stereocenters. The van der Waals surface area contributed by atoms with Crippen molar-refractivity contribution >= 4 is 5.91 Å². The summed E-state index contributed by atoms with van der Waals surface area (Å²) in [5.41, 5.74) is 5.94. The maximum atomic E-state index is 11.0. The van der Waals surface area contributed by atoms with Gasteiger partial charge in [0.1, 0.15) is 0 Å². The van der Waals surface area contributed by atoms with Crippen molar-refractivity contribution in [3.05, 3.63) is 33.7 Å². The minimum atomic E-state index is -0.511. The Hall–Kier alpha value is -1.58. The van der Waals surface area contributed by atoms with E-state index in [0.29, 0.717) is 11.1 Å². The quantitative estimate of drug-likeness (QED) is 0.627. The van der Waals surface area contributed by atoms with E-state index < -0.39 is 5.91 Å². The molecule has 1 rings (SSSR count). The average Bonchev–Trinajstić information content (AvgIpc) is 1.96. The second-order valence-electron chi connectivity index (χ2n) is 2.68. The Kier molecular flexibility index (Phi) is 1.99. The van der Waals surface area contributed by atoms with Gasteiger partial charge in [0.15, 0.2) is 0 Å². The number of rotatable bonds is 1. The minimum absolute atomic E-state index is 0.141. The van der Waals surface area contributed by atoms with E-state index in [-0.39, 0.29) is 5.56 Å². The smallest absolute Gasteiger partial charge is 0.250 e. The van der Waals surface area contributed by atoms with Gasteiger partial charge in [-0.05, 0) is 12.5 Å². The minimum Gasteiger partial charge on any atom is -0.366 e. The summed E-state index contributed by atoms with van der Waals surface area (Å²) < 4.78 is 1.33. The second kappa shape index (κ2) is 2.81. The first-order valence-electron chi connectivity index (χ1n) is 3.49. The number of primary amides is 1. The fraction of sp³-hybridized carbons (Fsp3) is 0.250. The molecule has 0 spiro atoms. The summed E-state index contributed by atoms with van der Waals surface area (Å²) in [6.07, 6.45) is 1.44. The van der Waals surface area contributed by atoms with Gasteiger partial charge in [-0.1, -0.05) is 0 Å². The molecule has 1 aromatic heterocycles. The van der Waals surface area contributed by atoms with Crippen molar-refractivity contribution in [1.82, 2.24) is 4.57 Å². The summed E-state index contributed by atoms with van der Waals surface area (Å²) in [7, 11) is 1.58. The normalized spacial score (nSPS) is 9.83. The van der Waals surface area contributed by atoms with Crippen LogP contribution < -0.4 is 11.3 Å². The van der Waals surface area contributed by atoms with Gasteiger partial charge in [-0.15, -0.1) is 0 Å². The number of hydrogen-bond donors (Lipinski definition) is 1. The van der Waals surface area contributed by atoms with Crippen LogP contribution >= 0.6 is 0 Å². The second-order valence-corrected chi connectivity index (χ2v) is 2.68. The Morgan fingerprint density at radius 1 is 1.58 bits per heavy atom. The van der Waals surface area contributed by atoms with Crippen LogP contribution in [0.25, 0.3) is 0 Å². The van der Waals surface area contributed by atoms with Crippen LogP contribution in [0, 0.1) is 6.92 Å². The number of carbonyl (C=O) groups is 1. The van der Waals surface area contributed by atoms with Crippen molar-refractivity contribution in [2.24, 2.45) is 12.8 Å². The Labute approximate surface area is 69.6 Å². The van der Waals surface area contributed by atoms with Crippen molar-refractivity contribution in [3.63, 3.8) is 0 Å². The predicted octanol–water partition coefficient (Wildman–Crippen LogP) is -0.207. The Morgan fingerprint density at radius 3 is 2.67 bits per heavy atom. The molecule has 4 heteroatoms. The van der Waals surface area contributed by atoms with E-state index in [1.165, 1.54) is 16.8 Å². The third-order valence-electron chi connectivity index (χ3n) is 1.70. The zero-order valence-electron chi connectivity index (χ0n) is 7.00. The molecule has 0 saturated heterocycles. The summed E-state index contributed by atoms with van der Waals surface area (Å²) in [5, 5.41) is 0. The molecule has 12 heavy (non-hydrogen) atoms. The van der Waals surface area contributed by atoms with Crippen LogP contribution in [0.1, 0.15) is 15.9 Å². The number of hydrogen-bond acceptors (Lipinski definition) is 2. The number of nitrogens with zero attached hydrogens (tertiary/aromatic N) is 1. The molecule has 4 nitrogen and oxygen atoms in total. The van der Waals surface area contributed by atoms with Crippen LogP contribution in [0.5, 0.6) is 0 Å². The molecule has 2 N–H and O–H groups in total. The van der Waals surface area contributed by atoms with Gasteiger partial charge in [-0.3, -0.25) is 9.59 Å². The molecule has 1 heterocycles. The zero-order chi connectivity index (χ0) is 9.30. The molecule has 0 aliphatic heterocycles. The number of carbonyl (C=O) groups excluding carboxylic acids is 1. The van der Waals surface area contributed by atoms with Gasteiger partial charge in [0.25, 0.3) is 5.56 Å². The lowest BCUT2D eigenvalue weighted by atomic mass is 10.1. The van der Waals surface area contributed by atoms with Crippen molar-refractivity contribution in [2.75, 3.05) is 0 Å². The van der Waals surface area contributed by atoms with Gasteiger partial charge < -0.3 is 10.3 Å². The van der Waals surface area contributed by atoms with Crippen LogP contribution in [0.4, 0.5) is 0 Å². The average molecular weight is 166 g/mol. The number of pyridine rings is 1. The lowest BCUT2D eigenvalue weighted by Crippen LogP contribution is -2.21. The Balaban J connectivity index is 3.43. The number of nitrogens with two attached hydrogens (primary N) is 1. The zero-order valence-corrected chi connectivity index (χ0v) is 7.00. The molecular weight excluding hydrogens is 156 g/mol. The first-order chi connectivity index (χ1) is 5.52. The SMILES string of the molecule is Cc1cc(=O)n(C)cc1C(N)=O. The monoisotopic (exact) mass is 166 g/mol. The summed E-state index contributed by atoms with van der Waals surface area (Å²) in [6, 6.07) is 1.39. The molecule has 0 unspecified atom stereocenters. The largest absolute Gasteiger partial charge is 0.366 e. The van der Waals surface area contributed by atoms with E-state index in [1.54, 1.807) is 14.0 Å². The van der Waals surface area contributed by atoms with Crippen molar-refractivity contribution in [2.45, 2.75) is 6.92 Å². The number of amides is 1. The van der Waals surface area contributed by atoms with Gasteiger partial charge in [0.2, 0.25) is 5.91 Å². The van der Waals surface area contributed by atoms with Gasteiger partial charge in [-0.2, -0.15) is 0 Å². The lowest BCUT2D eigenvalue weighted by Gasteiger charge is -2.02. The third kappa shape index (κ3) is 1.37. The summed E-state index contributed by atoms with van der Waals surface area (Å²) in [4.78, 5) is 21.8. The van der Waals surface area contributed by atoms with Gasteiger partial charge in [0, 0.05) is 19.3 Å². The number of aromatic nitrogens is 1. The fourth-order valence-electron chi connectivity index (χ4n) is 0.982. The molecule has 0 aliphatic carbocycles. The lowest BCUT2D eigenvalue weighted by molar-refractivity contribution is 0.0999. The molecule has 0 aromatic carbocycles. The van der Waals surface area contributed by atoms with Crippen LogP contribution in [-0.2, 0) is 7.05 Å². The van der Waals surface area contributed by atoms with E-state index in [9.17, 15) is 9.59 Å². The highest BCUT2D eigenvalue weighted by Crippen LogP contribution is 2.01. The number of aryl methyl sites for hydroxylation is 2. The summed E-state index contributed by atoms with van der Waals surface area (Å²) in [5.74, 6) is -0.511. The van der Waals surface area contributed by atoms with Crippen molar-refractivity contribution in [1.29, 1.82) is 0 Å². The molecule has 1 aromatic rings. The van der Waals surface area contributed by atoms with E-state index in [0.717, 1.165) is 0 Å². The highest BCUT2D eigenvalue weighted by Gasteiger charge is 2.05. The standard InChI is InChI=1S/C8H10N2O2/c1-5-3-7(11)10(2)4-6(5)8(9)12/h3-4H,1-2H3,(H2,9,12). The van der Waals surface area contributed by atoms with E-state index in [1.807, 2.05) is 0 Å². The molecule has 0 saturated carbocycles. The maximum Gasteiger partial charge on any atom is 0.250 e. The Morgan fingerprint density at radius 2 is 2.17 bits per heavy atom. The van der Waals surface area contributed by atoms with Gasteiger partial charge >= 0.3 is 0 Å². The molecular formula is C8H10N2O2. The maximum absolute atomic E-state index is 11.0. The molecule has 1 amide bonds. The van der Waals surface area contributed by atoms with Crippen LogP contribution in [-0.4, -0.2) is 10.5 Å². The first-order valence-corrected chi connectivity index (χ1v) is 3.49. The van der Waals surface area contributed by atoms with Crippen LogP contribution in [0.3, 0.4) is 0 Å². The molecule has 0 aliphatic rings. The predicted molar refractivity (Wildman–Crippen MR) is 44.9 cm³/mol. The highest BCUT2D eigenvalue weighted by molar-refractivity contribution is 5.93. The third-order valence-corrected chi connectivity index (χ3v) is 1.70. The van der Waals surface area contributed by atoms with E-state index in [2.05, 4.69) is 0 Å². The molecule has 64 valence electrons. The first kappa shape index (κ1) is 8.52. The van der Waals surface area contributed by atoms with E-state index in [4.69, 9.17) is 5.73 Å². The molecule has 0 fully saturated rings. The van der Waals surface area contributed by atoms with Gasteiger partial charge in [0.05, 0.1) is 5.56 Å². The van der Waals surface area contributed by atoms with Gasteiger partial charge in [-0.25, -0.2) is 0 Å². The summed E-state index contributed by atoms with van der Waals surface area (Å²) in [6.45, 7) is 1.68. The molecule has 0 bridgehead atoms. The van der Waals surface area contributed by atoms with Crippen LogP contribution in [0.15, 0.2) is 17.1 Å². The topological polar surface area (TPSA) is 65.1 Å².